The Morgan fingerprint density at radius 2 is 1.92 bits per heavy atom. The van der Waals surface area contributed by atoms with Crippen LogP contribution in [0.2, 0.25) is 10.0 Å². The second kappa shape index (κ2) is 9.21. The Morgan fingerprint density at radius 1 is 1.15 bits per heavy atom. The molecule has 0 atom stereocenters. The first-order chi connectivity index (χ1) is 12.6. The van der Waals surface area contributed by atoms with E-state index >= 15 is 0 Å². The van der Waals surface area contributed by atoms with Crippen LogP contribution in [0.4, 0.5) is 5.82 Å². The fourth-order valence-corrected chi connectivity index (χ4v) is 3.31. The van der Waals surface area contributed by atoms with Gasteiger partial charge in [-0.15, -0.1) is 0 Å². The molecule has 0 unspecified atom stereocenters. The van der Waals surface area contributed by atoms with Crippen molar-refractivity contribution >= 4 is 34.9 Å². The topological polar surface area (TPSA) is 54.5 Å². The van der Waals surface area contributed by atoms with Crippen molar-refractivity contribution < 1.29 is 9.53 Å². The van der Waals surface area contributed by atoms with Crippen LogP contribution in [0.5, 0.6) is 0 Å². The summed E-state index contributed by atoms with van der Waals surface area (Å²) in [5.41, 5.74) is 1.88. The normalized spacial score (nSPS) is 14.3. The summed E-state index contributed by atoms with van der Waals surface area (Å²) in [5.74, 6) is 0.881. The largest absolute Gasteiger partial charge is 0.378 e. The summed E-state index contributed by atoms with van der Waals surface area (Å²) in [5, 5.41) is 4.00. The second-order valence-electron chi connectivity index (χ2n) is 6.08. The lowest BCUT2D eigenvalue weighted by atomic mass is 10.1. The number of amides is 1. The summed E-state index contributed by atoms with van der Waals surface area (Å²) < 4.78 is 5.39. The van der Waals surface area contributed by atoms with Crippen LogP contribution in [0, 0.1) is 0 Å². The summed E-state index contributed by atoms with van der Waals surface area (Å²) in [6.45, 7) is 3.46. The number of hydrogen-bond donors (Lipinski definition) is 1. The molecular weight excluding hydrogens is 373 g/mol. The van der Waals surface area contributed by atoms with E-state index in [9.17, 15) is 4.79 Å². The van der Waals surface area contributed by atoms with Crippen molar-refractivity contribution in [1.29, 1.82) is 0 Å². The summed E-state index contributed by atoms with van der Waals surface area (Å²) in [6, 6.07) is 9.34. The summed E-state index contributed by atoms with van der Waals surface area (Å²) >= 11 is 12.2. The van der Waals surface area contributed by atoms with E-state index in [2.05, 4.69) is 15.2 Å². The van der Waals surface area contributed by atoms with Crippen molar-refractivity contribution in [3.8, 4) is 0 Å². The molecule has 1 aromatic carbocycles. The molecule has 1 aliphatic heterocycles. The molecular formula is C19H21Cl2N3O2. The van der Waals surface area contributed by atoms with Crippen LogP contribution in [0.25, 0.3) is 0 Å². The highest BCUT2D eigenvalue weighted by molar-refractivity contribution is 6.42. The SMILES string of the molecule is O=C(CCc1cccc(Cl)c1Cl)NCc1cccnc1N1CCOCC1. The lowest BCUT2D eigenvalue weighted by Gasteiger charge is -2.29. The Bertz CT molecular complexity index is 764. The number of benzene rings is 1. The summed E-state index contributed by atoms with van der Waals surface area (Å²) in [6.07, 6.45) is 2.68. The van der Waals surface area contributed by atoms with Crippen molar-refractivity contribution in [3.05, 3.63) is 57.7 Å². The molecule has 1 fully saturated rings. The molecule has 3 rings (SSSR count). The molecule has 1 saturated heterocycles. The number of ether oxygens (including phenoxy) is 1. The van der Waals surface area contributed by atoms with E-state index in [-0.39, 0.29) is 5.91 Å². The molecule has 1 N–H and O–H groups in total. The fraction of sp³-hybridized carbons (Fsp3) is 0.368. The van der Waals surface area contributed by atoms with E-state index in [0.29, 0.717) is 42.6 Å². The number of morpholine rings is 1. The molecule has 0 spiro atoms. The highest BCUT2D eigenvalue weighted by atomic mass is 35.5. The average Bonchev–Trinajstić information content (AvgIpc) is 2.68. The zero-order chi connectivity index (χ0) is 18.4. The van der Waals surface area contributed by atoms with E-state index in [0.717, 1.165) is 30.0 Å². The molecule has 2 aromatic rings. The molecule has 1 amide bonds. The molecule has 0 radical (unpaired) electrons. The minimum Gasteiger partial charge on any atom is -0.378 e. The third-order valence-corrected chi connectivity index (χ3v) is 5.17. The predicted molar refractivity (Wildman–Crippen MR) is 104 cm³/mol. The van der Waals surface area contributed by atoms with Crippen LogP contribution in [0.15, 0.2) is 36.5 Å². The van der Waals surface area contributed by atoms with Crippen molar-refractivity contribution in [1.82, 2.24) is 10.3 Å². The van der Waals surface area contributed by atoms with Gasteiger partial charge in [-0.3, -0.25) is 4.79 Å². The molecule has 5 nitrogen and oxygen atoms in total. The van der Waals surface area contributed by atoms with E-state index < -0.39 is 0 Å². The van der Waals surface area contributed by atoms with Crippen LogP contribution >= 0.6 is 23.2 Å². The Kier molecular flexibility index (Phi) is 6.72. The smallest absolute Gasteiger partial charge is 0.220 e. The van der Waals surface area contributed by atoms with Crippen molar-refractivity contribution in [3.63, 3.8) is 0 Å². The van der Waals surface area contributed by atoms with E-state index in [4.69, 9.17) is 27.9 Å². The van der Waals surface area contributed by atoms with Gasteiger partial charge in [0.15, 0.2) is 0 Å². The standard InChI is InChI=1S/C19H21Cl2N3O2/c20-16-5-1-3-14(18(16)21)6-7-17(25)23-13-15-4-2-8-22-19(15)24-9-11-26-12-10-24/h1-5,8H,6-7,9-13H2,(H,23,25). The van der Waals surface area contributed by atoms with Crippen LogP contribution in [0.3, 0.4) is 0 Å². The Morgan fingerprint density at radius 3 is 2.73 bits per heavy atom. The molecule has 7 heteroatoms. The number of aromatic nitrogens is 1. The van der Waals surface area contributed by atoms with Crippen molar-refractivity contribution in [2.24, 2.45) is 0 Å². The number of aryl methyl sites for hydroxylation is 1. The first-order valence-corrected chi connectivity index (χ1v) is 9.37. The van der Waals surface area contributed by atoms with Crippen molar-refractivity contribution in [2.75, 3.05) is 31.2 Å². The zero-order valence-electron chi connectivity index (χ0n) is 14.4. The molecule has 0 aliphatic carbocycles. The number of halogens is 2. The van der Waals surface area contributed by atoms with Gasteiger partial charge in [0.2, 0.25) is 5.91 Å². The maximum atomic E-state index is 12.2. The maximum Gasteiger partial charge on any atom is 0.220 e. The molecule has 1 aromatic heterocycles. The predicted octanol–water partition coefficient (Wildman–Crippen LogP) is 3.47. The minimum absolute atomic E-state index is 0.0298. The first-order valence-electron chi connectivity index (χ1n) is 8.61. The third kappa shape index (κ3) is 4.87. The van der Waals surface area contributed by atoms with Gasteiger partial charge in [0.25, 0.3) is 0 Å². The van der Waals surface area contributed by atoms with Gasteiger partial charge >= 0.3 is 0 Å². The number of pyridine rings is 1. The van der Waals surface area contributed by atoms with E-state index in [1.807, 2.05) is 24.3 Å². The maximum absolute atomic E-state index is 12.2. The highest BCUT2D eigenvalue weighted by Crippen LogP contribution is 2.26. The average molecular weight is 394 g/mol. The lowest BCUT2D eigenvalue weighted by molar-refractivity contribution is -0.121. The van der Waals surface area contributed by atoms with Gasteiger partial charge in [-0.05, 0) is 24.1 Å². The van der Waals surface area contributed by atoms with Gasteiger partial charge in [0.05, 0.1) is 23.3 Å². The van der Waals surface area contributed by atoms with E-state index in [1.54, 1.807) is 12.3 Å². The molecule has 0 saturated carbocycles. The Balaban J connectivity index is 1.55. The Labute approximate surface area is 163 Å². The zero-order valence-corrected chi connectivity index (χ0v) is 15.9. The second-order valence-corrected chi connectivity index (χ2v) is 6.86. The number of carbonyl (C=O) groups excluding carboxylic acids is 1. The van der Waals surface area contributed by atoms with Crippen LogP contribution in [-0.2, 0) is 22.5 Å². The number of hydrogen-bond acceptors (Lipinski definition) is 4. The highest BCUT2D eigenvalue weighted by Gasteiger charge is 2.16. The number of anilines is 1. The van der Waals surface area contributed by atoms with Crippen molar-refractivity contribution in [2.45, 2.75) is 19.4 Å². The van der Waals surface area contributed by atoms with Gasteiger partial charge in [-0.1, -0.05) is 41.4 Å². The van der Waals surface area contributed by atoms with Gasteiger partial charge in [0, 0.05) is 37.8 Å². The van der Waals surface area contributed by atoms with Crippen LogP contribution in [0.1, 0.15) is 17.5 Å². The third-order valence-electron chi connectivity index (χ3n) is 4.31. The number of carbonyl (C=O) groups is 1. The van der Waals surface area contributed by atoms with E-state index in [1.165, 1.54) is 0 Å². The van der Waals surface area contributed by atoms with Crippen LogP contribution < -0.4 is 10.2 Å². The molecule has 2 heterocycles. The van der Waals surface area contributed by atoms with Gasteiger partial charge in [-0.2, -0.15) is 0 Å². The number of nitrogens with one attached hydrogen (secondary N) is 1. The molecule has 26 heavy (non-hydrogen) atoms. The molecule has 0 bridgehead atoms. The number of rotatable bonds is 6. The first kappa shape index (κ1) is 19.0. The fourth-order valence-electron chi connectivity index (χ4n) is 2.90. The molecule has 1 aliphatic rings. The summed E-state index contributed by atoms with van der Waals surface area (Å²) in [4.78, 5) is 18.9. The van der Waals surface area contributed by atoms with Crippen LogP contribution in [-0.4, -0.2) is 37.2 Å². The Hall–Kier alpha value is -1.82. The quantitative estimate of drug-likeness (QED) is 0.815. The summed E-state index contributed by atoms with van der Waals surface area (Å²) in [7, 11) is 0. The monoisotopic (exact) mass is 393 g/mol. The lowest BCUT2D eigenvalue weighted by Crippen LogP contribution is -2.37. The van der Waals surface area contributed by atoms with Gasteiger partial charge in [0.1, 0.15) is 5.82 Å². The minimum atomic E-state index is -0.0298. The number of nitrogens with zero attached hydrogens (tertiary/aromatic N) is 2. The van der Waals surface area contributed by atoms with Gasteiger partial charge < -0.3 is 15.0 Å². The van der Waals surface area contributed by atoms with Gasteiger partial charge in [-0.25, -0.2) is 4.98 Å². The molecule has 138 valence electrons.